The highest BCUT2D eigenvalue weighted by atomic mass is 35.5. The van der Waals surface area contributed by atoms with Crippen molar-refractivity contribution in [2.75, 3.05) is 5.32 Å². The second kappa shape index (κ2) is 7.02. The van der Waals surface area contributed by atoms with Gasteiger partial charge in [0.1, 0.15) is 16.1 Å². The van der Waals surface area contributed by atoms with Crippen molar-refractivity contribution >= 4 is 35.1 Å². The van der Waals surface area contributed by atoms with E-state index in [4.69, 9.17) is 23.2 Å². The number of aromatic nitrogens is 2. The fourth-order valence-electron chi connectivity index (χ4n) is 1.31. The lowest BCUT2D eigenvalue weighted by Crippen LogP contribution is -2.15. The summed E-state index contributed by atoms with van der Waals surface area (Å²) < 4.78 is 13.4. The van der Waals surface area contributed by atoms with E-state index in [9.17, 15) is 14.4 Å². The van der Waals surface area contributed by atoms with Crippen LogP contribution in [-0.4, -0.2) is 26.4 Å². The molecule has 4 N–H and O–H groups in total. The summed E-state index contributed by atoms with van der Waals surface area (Å²) in [5, 5.41) is 11.5. The van der Waals surface area contributed by atoms with E-state index < -0.39 is 12.0 Å². The molecule has 2 rings (SSSR count). The minimum Gasteiger partial charge on any atom is -0.426 e. The van der Waals surface area contributed by atoms with Crippen LogP contribution >= 0.6 is 23.2 Å². The molecule has 0 fully saturated rings. The summed E-state index contributed by atoms with van der Waals surface area (Å²) in [5.41, 5.74) is 0. The number of rotatable bonds is 1. The Morgan fingerprint density at radius 3 is 2.52 bits per heavy atom. The van der Waals surface area contributed by atoms with Crippen LogP contribution in [0.2, 0.25) is 10.3 Å². The average molecular weight is 335 g/mol. The van der Waals surface area contributed by atoms with Crippen molar-refractivity contribution in [1.82, 2.24) is 9.71 Å². The minimum absolute atomic E-state index is 0. The van der Waals surface area contributed by atoms with Crippen molar-refractivity contribution in [3.63, 3.8) is 0 Å². The van der Waals surface area contributed by atoms with Gasteiger partial charge in [-0.25, -0.2) is 9.78 Å². The molecule has 0 spiro atoms. The lowest BCUT2D eigenvalue weighted by atomic mass is 10.4. The van der Waals surface area contributed by atoms with E-state index in [1.54, 1.807) is 0 Å². The quantitative estimate of drug-likeness (QED) is 0.613. The molecule has 0 aliphatic carbocycles. The number of carbonyl (C=O) groups excluding carboxylic acids is 1. The van der Waals surface area contributed by atoms with Gasteiger partial charge >= 0.3 is 6.03 Å². The smallest absolute Gasteiger partial charge is 0.347 e. The lowest BCUT2D eigenvalue weighted by molar-refractivity contribution is 0.185. The first-order valence-corrected chi connectivity index (χ1v) is 5.97. The van der Waals surface area contributed by atoms with Crippen LogP contribution in [0.3, 0.4) is 0 Å². The van der Waals surface area contributed by atoms with Crippen LogP contribution < -0.4 is 10.7 Å². The highest BCUT2D eigenvalue weighted by molar-refractivity contribution is 6.32. The Bertz CT molecular complexity index is 709. The van der Waals surface area contributed by atoms with Crippen molar-refractivity contribution in [3.8, 4) is 0 Å². The van der Waals surface area contributed by atoms with Crippen LogP contribution in [-0.2, 0) is 0 Å². The molecule has 0 unspecified atom stereocenters. The number of amides is 2. The number of nitrogens with zero attached hydrogens (tertiary/aromatic N) is 3. The molecule has 21 heavy (non-hydrogen) atoms. The molecule has 7 nitrogen and oxygen atoms in total. The van der Waals surface area contributed by atoms with Gasteiger partial charge in [0.25, 0.3) is 0 Å². The number of pyridine rings is 2. The molecule has 0 radical (unpaired) electrons. The number of hydrogen-bond acceptors (Lipinski definition) is 3. The first-order valence-electron chi connectivity index (χ1n) is 5.21. The van der Waals surface area contributed by atoms with Gasteiger partial charge < -0.3 is 10.7 Å². The minimum atomic E-state index is -0.786. The van der Waals surface area contributed by atoms with E-state index in [1.807, 2.05) is 0 Å². The molecule has 0 saturated heterocycles. The van der Waals surface area contributed by atoms with E-state index in [2.05, 4.69) is 15.3 Å². The molecule has 0 saturated carbocycles. The Labute approximate surface area is 127 Å². The first kappa shape index (κ1) is 16.9. The largest absolute Gasteiger partial charge is 0.426 e. The molecule has 2 amide bonds. The Kier molecular flexibility index (Phi) is 5.65. The fraction of sp³-hybridized carbons (Fsp3) is 0. The van der Waals surface area contributed by atoms with Crippen LogP contribution in [0.5, 0.6) is 0 Å². The monoisotopic (exact) mass is 334 g/mol. The summed E-state index contributed by atoms with van der Waals surface area (Å²) in [6.07, 6.45) is 0. The molecule has 2 aromatic heterocycles. The standard InChI is InChI=1S/C11H7Cl2FN4O2.H2O/c12-7-4-6(5-8(13)18(7)20)15-11(19)17-10-3-1-2-9(14)16-10;/h1-5,20H,(H,16,17,19);1H2. The Balaban J connectivity index is 0.00000220. The summed E-state index contributed by atoms with van der Waals surface area (Å²) in [7, 11) is 0. The summed E-state index contributed by atoms with van der Waals surface area (Å²) in [6.45, 7) is 0. The molecule has 0 aliphatic heterocycles. The van der Waals surface area contributed by atoms with E-state index in [-0.39, 0.29) is 27.0 Å². The number of hydrogen-bond donors (Lipinski definition) is 2. The van der Waals surface area contributed by atoms with Crippen LogP contribution in [0, 0.1) is 5.95 Å². The molecule has 0 aromatic carbocycles. The molecule has 2 aromatic rings. The highest BCUT2D eigenvalue weighted by Gasteiger charge is 2.04. The molecule has 0 atom stereocenters. The normalized spacial score (nSPS) is 9.67. The fourth-order valence-corrected chi connectivity index (χ4v) is 1.76. The van der Waals surface area contributed by atoms with Crippen LogP contribution in [0.15, 0.2) is 35.3 Å². The predicted octanol–water partition coefficient (Wildman–Crippen LogP) is 1.87. The maximum absolute atomic E-state index is 12.8. The van der Waals surface area contributed by atoms with Gasteiger partial charge in [-0.1, -0.05) is 29.3 Å². The summed E-state index contributed by atoms with van der Waals surface area (Å²) in [6, 6.07) is 5.61. The van der Waals surface area contributed by atoms with E-state index in [0.29, 0.717) is 4.73 Å². The zero-order valence-electron chi connectivity index (χ0n) is 10.2. The molecule has 0 bridgehead atoms. The van der Waals surface area contributed by atoms with Crippen molar-refractivity contribution in [2.45, 2.75) is 0 Å². The summed E-state index contributed by atoms with van der Waals surface area (Å²) in [4.78, 5) is 18.7. The number of halogens is 3. The molecule has 2 heterocycles. The van der Waals surface area contributed by atoms with Gasteiger partial charge in [-0.05, 0) is 12.1 Å². The first-order chi connectivity index (χ1) is 9.45. The van der Waals surface area contributed by atoms with Gasteiger partial charge in [-0.3, -0.25) is 5.32 Å². The van der Waals surface area contributed by atoms with Crippen LogP contribution in [0.1, 0.15) is 0 Å². The second-order valence-electron chi connectivity index (χ2n) is 3.56. The molecular weight excluding hydrogens is 326 g/mol. The van der Waals surface area contributed by atoms with Gasteiger partial charge in [-0.2, -0.15) is 14.1 Å². The Hall–Kier alpha value is -2.16. The highest BCUT2D eigenvalue weighted by Crippen LogP contribution is 2.11. The van der Waals surface area contributed by atoms with Crippen LogP contribution in [0.4, 0.5) is 15.0 Å². The zero-order chi connectivity index (χ0) is 14.7. The average Bonchev–Trinajstić information content (AvgIpc) is 2.35. The van der Waals surface area contributed by atoms with Gasteiger partial charge in [0, 0.05) is 12.1 Å². The SMILES string of the molecule is O.O=C(N=c1cc(Cl)n(O)c(Cl)c1)Nc1cccc(F)n1. The maximum Gasteiger partial charge on any atom is 0.347 e. The van der Waals surface area contributed by atoms with Crippen molar-refractivity contribution in [3.05, 3.63) is 51.9 Å². The van der Waals surface area contributed by atoms with Gasteiger partial charge in [0.2, 0.25) is 5.95 Å². The third kappa shape index (κ3) is 4.42. The number of anilines is 1. The predicted molar refractivity (Wildman–Crippen MR) is 74.0 cm³/mol. The molecular formula is C11H9Cl2FN4O3. The van der Waals surface area contributed by atoms with Crippen molar-refractivity contribution in [2.24, 2.45) is 4.99 Å². The third-order valence-electron chi connectivity index (χ3n) is 2.12. The van der Waals surface area contributed by atoms with E-state index in [1.165, 1.54) is 24.3 Å². The Morgan fingerprint density at radius 1 is 1.33 bits per heavy atom. The molecule has 10 heteroatoms. The second-order valence-corrected chi connectivity index (χ2v) is 4.33. The zero-order valence-corrected chi connectivity index (χ0v) is 11.7. The number of urea groups is 1. The summed E-state index contributed by atoms with van der Waals surface area (Å²) in [5.74, 6) is -0.709. The van der Waals surface area contributed by atoms with Gasteiger partial charge in [-0.15, -0.1) is 0 Å². The topological polar surface area (TPSA) is 111 Å². The third-order valence-corrected chi connectivity index (χ3v) is 2.66. The van der Waals surface area contributed by atoms with Crippen molar-refractivity contribution in [1.29, 1.82) is 0 Å². The number of carbonyl (C=O) groups is 1. The van der Waals surface area contributed by atoms with Gasteiger partial charge in [0.15, 0.2) is 0 Å². The molecule has 0 aliphatic rings. The molecule has 112 valence electrons. The van der Waals surface area contributed by atoms with E-state index in [0.717, 1.165) is 6.07 Å². The summed E-state index contributed by atoms with van der Waals surface area (Å²) >= 11 is 11.3. The van der Waals surface area contributed by atoms with Crippen molar-refractivity contribution < 1.29 is 19.9 Å². The maximum atomic E-state index is 12.8. The Morgan fingerprint density at radius 2 is 1.95 bits per heavy atom. The van der Waals surface area contributed by atoms with Crippen LogP contribution in [0.25, 0.3) is 0 Å². The lowest BCUT2D eigenvalue weighted by Gasteiger charge is -2.03. The van der Waals surface area contributed by atoms with Gasteiger partial charge in [0.05, 0.1) is 5.36 Å². The number of nitrogens with one attached hydrogen (secondary N) is 1. The van der Waals surface area contributed by atoms with E-state index >= 15 is 0 Å².